The summed E-state index contributed by atoms with van der Waals surface area (Å²) in [6.07, 6.45) is 0. The van der Waals surface area contributed by atoms with E-state index in [-0.39, 0.29) is 75.0 Å². The monoisotopic (exact) mass is 577 g/mol. The SMILES string of the molecule is CC.CC(C)P(C(C)C)C(C)C.CC(C)P(C(C)C)C(C)C.[B].[H-].[Na+].[Os]. The largest absolute Gasteiger partial charge is 1.00 e. The van der Waals surface area contributed by atoms with Crippen molar-refractivity contribution in [2.24, 2.45) is 0 Å². The summed E-state index contributed by atoms with van der Waals surface area (Å²) in [5.41, 5.74) is 5.39. The average molecular weight is 576 g/mol. The van der Waals surface area contributed by atoms with Gasteiger partial charge < -0.3 is 1.43 Å². The van der Waals surface area contributed by atoms with Gasteiger partial charge in [-0.2, -0.15) is 0 Å². The van der Waals surface area contributed by atoms with Crippen molar-refractivity contribution in [3.05, 3.63) is 0 Å². The van der Waals surface area contributed by atoms with Crippen molar-refractivity contribution in [2.45, 2.75) is 131 Å². The van der Waals surface area contributed by atoms with Crippen LogP contribution in [0.5, 0.6) is 0 Å². The van der Waals surface area contributed by atoms with Crippen molar-refractivity contribution in [1.29, 1.82) is 0 Å². The molecule has 0 aliphatic heterocycles. The van der Waals surface area contributed by atoms with E-state index in [4.69, 9.17) is 0 Å². The third-order valence-electron chi connectivity index (χ3n) is 3.58. The molecule has 0 spiro atoms. The number of rotatable bonds is 6. The van der Waals surface area contributed by atoms with E-state index in [0.29, 0.717) is 0 Å². The fourth-order valence-corrected chi connectivity index (χ4v) is 10.7. The molecule has 0 atom stereocenters. The van der Waals surface area contributed by atoms with Gasteiger partial charge in [0, 0.05) is 28.2 Å². The molecule has 0 fully saturated rings. The van der Waals surface area contributed by atoms with Crippen LogP contribution in [0.2, 0.25) is 0 Å². The van der Waals surface area contributed by atoms with Gasteiger partial charge in [-0.05, 0) is 34.0 Å². The Balaban J connectivity index is -0.0000000443. The van der Waals surface area contributed by atoms with Gasteiger partial charge in [-0.25, -0.2) is 0 Å². The van der Waals surface area contributed by atoms with Gasteiger partial charge >= 0.3 is 29.6 Å². The van der Waals surface area contributed by atoms with Crippen molar-refractivity contribution >= 4 is 24.3 Å². The minimum Gasteiger partial charge on any atom is -1.00 e. The first-order valence-electron chi connectivity index (χ1n) is 9.48. The standard InChI is InChI=1S/2C9H21P.C2H6.B.Na.Os.H/c2*1-7(2)10(8(3)4)9(5)6;1-2;;;;/h2*7-9H,1-6H3;1-2H3;;;;/q;;;;+1;;-1. The fraction of sp³-hybridized carbons (Fsp3) is 1.00. The first-order chi connectivity index (χ1) is 9.93. The van der Waals surface area contributed by atoms with E-state index in [0.717, 1.165) is 34.0 Å². The first-order valence-corrected chi connectivity index (χ1v) is 12.6. The van der Waals surface area contributed by atoms with Crippen molar-refractivity contribution in [3.63, 3.8) is 0 Å². The Morgan fingerprint density at radius 3 is 0.520 bits per heavy atom. The van der Waals surface area contributed by atoms with Crippen LogP contribution < -0.4 is 29.6 Å². The van der Waals surface area contributed by atoms with Crippen LogP contribution in [-0.4, -0.2) is 42.4 Å². The topological polar surface area (TPSA) is 0 Å². The molecule has 5 heteroatoms. The average Bonchev–Trinajstić information content (AvgIpc) is 2.28. The van der Waals surface area contributed by atoms with Gasteiger partial charge in [0.1, 0.15) is 0 Å². The molecule has 0 unspecified atom stereocenters. The molecule has 0 aliphatic carbocycles. The second-order valence-corrected chi connectivity index (χ2v) is 15.4. The molecule has 0 rings (SSSR count). The van der Waals surface area contributed by atoms with Gasteiger partial charge in [0.25, 0.3) is 0 Å². The molecule has 0 bridgehead atoms. The van der Waals surface area contributed by atoms with Crippen LogP contribution in [0.25, 0.3) is 0 Å². The van der Waals surface area contributed by atoms with E-state index in [1.807, 2.05) is 13.8 Å². The molecule has 0 nitrogen and oxygen atoms in total. The maximum atomic E-state index is 2.35. The third-order valence-corrected chi connectivity index (χ3v) is 10.7. The van der Waals surface area contributed by atoms with E-state index in [9.17, 15) is 0 Å². The van der Waals surface area contributed by atoms with E-state index in [2.05, 4.69) is 83.1 Å². The second kappa shape index (κ2) is 24.6. The van der Waals surface area contributed by atoms with E-state index >= 15 is 0 Å². The van der Waals surface area contributed by atoms with Crippen LogP contribution in [0.4, 0.5) is 0 Å². The van der Waals surface area contributed by atoms with Gasteiger partial charge in [-0.15, -0.1) is 0 Å². The molecule has 0 heterocycles. The van der Waals surface area contributed by atoms with Crippen molar-refractivity contribution in [1.82, 2.24) is 0 Å². The molecule has 0 aromatic heterocycles. The maximum absolute atomic E-state index is 2.35. The summed E-state index contributed by atoms with van der Waals surface area (Å²) in [5, 5.41) is 0. The first kappa shape index (κ1) is 41.8. The Hall–Kier alpha value is 2.56. The number of hydrogen-bond donors (Lipinski definition) is 0. The minimum atomic E-state index is 0. The molecule has 151 valence electrons. The number of hydrogen-bond acceptors (Lipinski definition) is 0. The van der Waals surface area contributed by atoms with Crippen LogP contribution in [0.3, 0.4) is 0 Å². The van der Waals surface area contributed by atoms with Crippen molar-refractivity contribution in [3.8, 4) is 0 Å². The van der Waals surface area contributed by atoms with Crippen LogP contribution in [0.15, 0.2) is 0 Å². The van der Waals surface area contributed by atoms with Crippen LogP contribution >= 0.6 is 15.8 Å². The van der Waals surface area contributed by atoms with Gasteiger partial charge in [0.2, 0.25) is 0 Å². The van der Waals surface area contributed by atoms with E-state index < -0.39 is 0 Å². The molecule has 0 aliphatic rings. The second-order valence-electron chi connectivity index (χ2n) is 7.46. The van der Waals surface area contributed by atoms with E-state index in [1.54, 1.807) is 0 Å². The fourth-order valence-electron chi connectivity index (χ4n) is 3.58. The molecular formula is C20H49BNaOsP2. The Morgan fingerprint density at radius 2 is 0.520 bits per heavy atom. The summed E-state index contributed by atoms with van der Waals surface area (Å²) in [6.45, 7) is 32.2. The van der Waals surface area contributed by atoms with E-state index in [1.165, 1.54) is 0 Å². The molecule has 0 aromatic carbocycles. The molecule has 25 heavy (non-hydrogen) atoms. The zero-order valence-corrected chi connectivity index (χ0v) is 26.6. The zero-order chi connectivity index (χ0) is 18.6. The molecular weight excluding hydrogens is 526 g/mol. The quantitative estimate of drug-likeness (QED) is 0.304. The van der Waals surface area contributed by atoms with Crippen LogP contribution in [-0.2, 0) is 19.8 Å². The minimum absolute atomic E-state index is 0. The molecule has 0 saturated carbocycles. The predicted molar refractivity (Wildman–Crippen MR) is 123 cm³/mol. The maximum Gasteiger partial charge on any atom is 1.00 e. The molecule has 0 aromatic rings. The molecule has 0 N–H and O–H groups in total. The van der Waals surface area contributed by atoms with Gasteiger partial charge in [0.15, 0.2) is 0 Å². The molecule has 0 amide bonds. The zero-order valence-electron chi connectivity index (χ0n) is 21.3. The Kier molecular flexibility index (Phi) is 41.2. The van der Waals surface area contributed by atoms with Gasteiger partial charge in [0.05, 0.1) is 0 Å². The summed E-state index contributed by atoms with van der Waals surface area (Å²) in [4.78, 5) is 0. The van der Waals surface area contributed by atoms with Gasteiger partial charge in [-0.1, -0.05) is 113 Å². The predicted octanol–water partition coefficient (Wildman–Crippen LogP) is 5.15. The summed E-state index contributed by atoms with van der Waals surface area (Å²) < 4.78 is 0. The molecule has 3 radical (unpaired) electrons. The summed E-state index contributed by atoms with van der Waals surface area (Å²) in [7, 11) is 0.525. The Morgan fingerprint density at radius 1 is 0.440 bits per heavy atom. The third kappa shape index (κ3) is 22.7. The Bertz CT molecular complexity index is 180. The normalized spacial score (nSPS) is 10.3. The molecule has 0 saturated heterocycles. The summed E-state index contributed by atoms with van der Waals surface area (Å²) in [6, 6.07) is 0. The Labute approximate surface area is 204 Å². The summed E-state index contributed by atoms with van der Waals surface area (Å²) >= 11 is 0. The van der Waals surface area contributed by atoms with Crippen molar-refractivity contribution in [2.75, 3.05) is 0 Å². The van der Waals surface area contributed by atoms with Crippen molar-refractivity contribution < 1.29 is 50.8 Å². The van der Waals surface area contributed by atoms with Crippen LogP contribution in [0, 0.1) is 0 Å². The van der Waals surface area contributed by atoms with Gasteiger partial charge in [-0.3, -0.25) is 0 Å². The summed E-state index contributed by atoms with van der Waals surface area (Å²) in [5.74, 6) is 0. The van der Waals surface area contributed by atoms with Crippen LogP contribution in [0.1, 0.15) is 98.4 Å². The smallest absolute Gasteiger partial charge is 1.00 e.